The molecule has 30 heavy (non-hydrogen) atoms. The number of hydrogen-bond donors (Lipinski definition) is 2. The van der Waals surface area contributed by atoms with E-state index in [1.165, 1.54) is 5.56 Å². The van der Waals surface area contributed by atoms with E-state index in [1.54, 1.807) is 6.20 Å². The Balaban J connectivity index is 1.20. The summed E-state index contributed by atoms with van der Waals surface area (Å²) < 4.78 is 0. The highest BCUT2D eigenvalue weighted by Gasteiger charge is 2.26. The molecule has 0 unspecified atom stereocenters. The van der Waals surface area contributed by atoms with E-state index >= 15 is 0 Å². The van der Waals surface area contributed by atoms with Crippen LogP contribution in [0.25, 0.3) is 21.9 Å². The Kier molecular flexibility index (Phi) is 4.93. The van der Waals surface area contributed by atoms with Crippen LogP contribution in [0.2, 0.25) is 0 Å². The monoisotopic (exact) mass is 399 g/mol. The van der Waals surface area contributed by atoms with Crippen LogP contribution in [0.3, 0.4) is 0 Å². The fourth-order valence-electron chi connectivity index (χ4n) is 4.26. The molecule has 0 saturated carbocycles. The minimum Gasteiger partial charge on any atom is -0.341 e. The lowest BCUT2D eigenvalue weighted by Gasteiger charge is -2.30. The summed E-state index contributed by atoms with van der Waals surface area (Å²) in [6, 6.07) is 16.0. The molecule has 0 radical (unpaired) electrons. The van der Waals surface area contributed by atoms with Crippen molar-refractivity contribution in [2.75, 3.05) is 18.4 Å². The number of aromatic nitrogens is 3. The summed E-state index contributed by atoms with van der Waals surface area (Å²) >= 11 is 0. The first-order chi connectivity index (χ1) is 14.7. The summed E-state index contributed by atoms with van der Waals surface area (Å²) in [5.74, 6) is 1.12. The van der Waals surface area contributed by atoms with E-state index in [2.05, 4.69) is 45.3 Å². The first kappa shape index (κ1) is 18.8. The highest BCUT2D eigenvalue weighted by atomic mass is 16.1. The van der Waals surface area contributed by atoms with Crippen molar-refractivity contribution in [1.82, 2.24) is 19.9 Å². The van der Waals surface area contributed by atoms with Gasteiger partial charge in [0.15, 0.2) is 0 Å². The fourth-order valence-corrected chi connectivity index (χ4v) is 4.26. The molecule has 1 amide bonds. The molecule has 5 rings (SSSR count). The Labute approximate surface area is 175 Å². The fraction of sp³-hybridized carbons (Fsp3) is 0.292. The molecule has 0 spiro atoms. The van der Waals surface area contributed by atoms with Gasteiger partial charge in [-0.3, -0.25) is 14.7 Å². The van der Waals surface area contributed by atoms with E-state index in [1.807, 2.05) is 30.3 Å². The molecule has 0 aliphatic carbocycles. The van der Waals surface area contributed by atoms with Gasteiger partial charge in [-0.15, -0.1) is 0 Å². The first-order valence-corrected chi connectivity index (χ1v) is 10.5. The van der Waals surface area contributed by atoms with Crippen LogP contribution in [0.1, 0.15) is 24.2 Å². The van der Waals surface area contributed by atoms with Crippen LogP contribution in [0.5, 0.6) is 0 Å². The van der Waals surface area contributed by atoms with Gasteiger partial charge in [-0.25, -0.2) is 4.98 Å². The Morgan fingerprint density at radius 2 is 2.00 bits per heavy atom. The summed E-state index contributed by atoms with van der Waals surface area (Å²) in [5.41, 5.74) is 5.06. The van der Waals surface area contributed by atoms with E-state index in [9.17, 15) is 4.79 Å². The number of piperidine rings is 1. The first-order valence-electron chi connectivity index (χ1n) is 10.5. The van der Waals surface area contributed by atoms with Crippen molar-refractivity contribution in [3.05, 3.63) is 66.1 Å². The third kappa shape index (κ3) is 3.78. The van der Waals surface area contributed by atoms with Gasteiger partial charge in [-0.2, -0.15) is 0 Å². The van der Waals surface area contributed by atoms with Gasteiger partial charge in [0.2, 0.25) is 5.91 Å². The molecule has 152 valence electrons. The van der Waals surface area contributed by atoms with Crippen molar-refractivity contribution in [2.45, 2.75) is 26.3 Å². The van der Waals surface area contributed by atoms with Crippen molar-refractivity contribution in [3.63, 3.8) is 0 Å². The van der Waals surface area contributed by atoms with Crippen LogP contribution in [0.15, 0.2) is 54.7 Å². The zero-order chi connectivity index (χ0) is 20.5. The number of nitrogens with one attached hydrogen (secondary N) is 2. The number of carbonyl (C=O) groups excluding carboxylic acids is 1. The van der Waals surface area contributed by atoms with Gasteiger partial charge in [-0.1, -0.05) is 12.1 Å². The highest BCUT2D eigenvalue weighted by Crippen LogP contribution is 2.25. The molecule has 0 atom stereocenters. The van der Waals surface area contributed by atoms with Gasteiger partial charge in [-0.05, 0) is 74.8 Å². The average Bonchev–Trinajstić information content (AvgIpc) is 3.16. The maximum absolute atomic E-state index is 12.9. The van der Waals surface area contributed by atoms with Crippen LogP contribution < -0.4 is 5.32 Å². The van der Waals surface area contributed by atoms with Crippen LogP contribution in [0, 0.1) is 12.8 Å². The third-order valence-corrected chi connectivity index (χ3v) is 5.92. The number of aromatic amines is 1. The highest BCUT2D eigenvalue weighted by molar-refractivity contribution is 6.01. The number of benzene rings is 2. The number of rotatable bonds is 4. The lowest BCUT2D eigenvalue weighted by Crippen LogP contribution is -2.38. The molecule has 4 aromatic rings. The van der Waals surface area contributed by atoms with Crippen molar-refractivity contribution >= 4 is 33.5 Å². The van der Waals surface area contributed by atoms with Gasteiger partial charge < -0.3 is 10.3 Å². The molecule has 1 aliphatic rings. The third-order valence-electron chi connectivity index (χ3n) is 5.92. The lowest BCUT2D eigenvalue weighted by atomic mass is 9.95. The second kappa shape index (κ2) is 7.88. The number of hydrogen-bond acceptors (Lipinski definition) is 4. The van der Waals surface area contributed by atoms with Gasteiger partial charge in [0.05, 0.1) is 28.8 Å². The Morgan fingerprint density at radius 3 is 2.87 bits per heavy atom. The molecule has 6 nitrogen and oxygen atoms in total. The summed E-state index contributed by atoms with van der Waals surface area (Å²) in [6.45, 7) is 4.66. The van der Waals surface area contributed by atoms with E-state index in [4.69, 9.17) is 4.98 Å². The predicted octanol–water partition coefficient (Wildman–Crippen LogP) is 4.27. The zero-order valence-electron chi connectivity index (χ0n) is 17.1. The largest absolute Gasteiger partial charge is 0.341 e. The Bertz CT molecular complexity index is 1200. The maximum atomic E-state index is 12.9. The van der Waals surface area contributed by atoms with Gasteiger partial charge in [0, 0.05) is 17.5 Å². The molecule has 3 heterocycles. The molecule has 0 bridgehead atoms. The minimum absolute atomic E-state index is 0.0338. The number of pyridine rings is 1. The number of amides is 1. The van der Waals surface area contributed by atoms with Crippen molar-refractivity contribution in [1.29, 1.82) is 0 Å². The van der Waals surface area contributed by atoms with Crippen molar-refractivity contribution in [3.8, 4) is 0 Å². The molecule has 1 fully saturated rings. The maximum Gasteiger partial charge on any atom is 0.227 e. The number of nitrogens with zero attached hydrogens (tertiary/aromatic N) is 3. The van der Waals surface area contributed by atoms with Crippen LogP contribution in [0.4, 0.5) is 5.69 Å². The smallest absolute Gasteiger partial charge is 0.227 e. The standard InChI is InChI=1S/C24H25N5O/c1-16-7-8-21-22(14-16)27-23(26-21)15-29-12-9-17(10-13-29)24(30)28-20-6-2-5-19-18(20)4-3-11-25-19/h2-8,11,14,17H,9-10,12-13,15H2,1H3,(H,26,27)(H,28,30). The number of anilines is 1. The number of aryl methyl sites for hydroxylation is 1. The van der Waals surface area contributed by atoms with E-state index < -0.39 is 0 Å². The van der Waals surface area contributed by atoms with E-state index in [-0.39, 0.29) is 11.8 Å². The Morgan fingerprint density at radius 1 is 1.13 bits per heavy atom. The quantitative estimate of drug-likeness (QED) is 0.537. The number of imidazole rings is 1. The Hall–Kier alpha value is -3.25. The normalized spacial score (nSPS) is 15.6. The minimum atomic E-state index is 0.0338. The number of carbonyl (C=O) groups is 1. The van der Waals surface area contributed by atoms with Gasteiger partial charge >= 0.3 is 0 Å². The SMILES string of the molecule is Cc1ccc2nc(CN3CCC(C(=O)Nc4cccc5ncccc45)CC3)[nH]c2c1. The lowest BCUT2D eigenvalue weighted by molar-refractivity contribution is -0.121. The van der Waals surface area contributed by atoms with Crippen LogP contribution in [-0.2, 0) is 11.3 Å². The second-order valence-corrected chi connectivity index (χ2v) is 8.12. The van der Waals surface area contributed by atoms with Crippen LogP contribution >= 0.6 is 0 Å². The average molecular weight is 399 g/mol. The summed E-state index contributed by atoms with van der Waals surface area (Å²) in [6.07, 6.45) is 3.48. The molecule has 6 heteroatoms. The predicted molar refractivity (Wildman–Crippen MR) is 119 cm³/mol. The van der Waals surface area contributed by atoms with Gasteiger partial charge in [0.1, 0.15) is 5.82 Å². The van der Waals surface area contributed by atoms with E-state index in [0.717, 1.165) is 65.9 Å². The molecule has 2 aromatic heterocycles. The van der Waals surface area contributed by atoms with E-state index in [0.29, 0.717) is 0 Å². The van der Waals surface area contributed by atoms with Crippen molar-refractivity contribution < 1.29 is 4.79 Å². The molecular weight excluding hydrogens is 374 g/mol. The summed E-state index contributed by atoms with van der Waals surface area (Å²) in [4.78, 5) is 27.7. The molecule has 1 saturated heterocycles. The molecular formula is C24H25N5O. The van der Waals surface area contributed by atoms with Gasteiger partial charge in [0.25, 0.3) is 0 Å². The topological polar surface area (TPSA) is 73.9 Å². The number of H-pyrrole nitrogens is 1. The molecule has 2 aromatic carbocycles. The zero-order valence-corrected chi connectivity index (χ0v) is 17.1. The van der Waals surface area contributed by atoms with Crippen LogP contribution in [-0.4, -0.2) is 38.8 Å². The summed E-state index contributed by atoms with van der Waals surface area (Å²) in [5, 5.41) is 4.10. The number of fused-ring (bicyclic) bond motifs is 2. The van der Waals surface area contributed by atoms with Crippen molar-refractivity contribution in [2.24, 2.45) is 5.92 Å². The molecule has 1 aliphatic heterocycles. The number of likely N-dealkylation sites (tertiary alicyclic amines) is 1. The second-order valence-electron chi connectivity index (χ2n) is 8.12. The summed E-state index contributed by atoms with van der Waals surface area (Å²) in [7, 11) is 0. The molecule has 2 N–H and O–H groups in total.